The molecule has 0 unspecified atom stereocenters. The van der Waals surface area contributed by atoms with Crippen LogP contribution < -0.4 is 5.56 Å². The van der Waals surface area contributed by atoms with Crippen molar-refractivity contribution in [2.24, 2.45) is 0 Å². The van der Waals surface area contributed by atoms with E-state index in [1.807, 2.05) is 18.3 Å². The molecule has 2 N–H and O–H groups in total. The molecule has 116 valence electrons. The zero-order valence-electron chi connectivity index (χ0n) is 12.5. The third-order valence-electron chi connectivity index (χ3n) is 4.03. The standard InChI is InChI=1S/C16H16N6O/c23-16-12-9-22(10-14-18-6-7-19-14)8-3-13(12)20-15(21-16)11-1-4-17-5-2-11/h1-2,4-7H,3,8-10H2,(H,18,19)(H,20,21,23). The molecule has 0 saturated heterocycles. The van der Waals surface area contributed by atoms with Gasteiger partial charge in [0, 0.05) is 49.9 Å². The normalized spacial score (nSPS) is 14.6. The lowest BCUT2D eigenvalue weighted by Gasteiger charge is -2.26. The fourth-order valence-electron chi connectivity index (χ4n) is 2.86. The number of pyridine rings is 1. The molecule has 0 radical (unpaired) electrons. The Morgan fingerprint density at radius 2 is 2.09 bits per heavy atom. The molecule has 7 heteroatoms. The smallest absolute Gasteiger partial charge is 0.255 e. The van der Waals surface area contributed by atoms with Crippen LogP contribution in [0.2, 0.25) is 0 Å². The van der Waals surface area contributed by atoms with Crippen molar-refractivity contribution >= 4 is 0 Å². The first-order valence-electron chi connectivity index (χ1n) is 7.52. The fraction of sp³-hybridized carbons (Fsp3) is 0.250. The first kappa shape index (κ1) is 13.8. The van der Waals surface area contributed by atoms with Crippen molar-refractivity contribution in [3.63, 3.8) is 0 Å². The number of fused-ring (bicyclic) bond motifs is 1. The summed E-state index contributed by atoms with van der Waals surface area (Å²) in [5.41, 5.74) is 2.45. The van der Waals surface area contributed by atoms with Crippen LogP contribution in [0.15, 0.2) is 41.7 Å². The van der Waals surface area contributed by atoms with Gasteiger partial charge in [0.25, 0.3) is 5.56 Å². The van der Waals surface area contributed by atoms with Crippen molar-refractivity contribution in [2.45, 2.75) is 19.5 Å². The molecule has 0 amide bonds. The zero-order chi connectivity index (χ0) is 15.6. The predicted octanol–water partition coefficient (Wildman–Crippen LogP) is 1.11. The van der Waals surface area contributed by atoms with Gasteiger partial charge >= 0.3 is 0 Å². The minimum Gasteiger partial charge on any atom is -0.348 e. The summed E-state index contributed by atoms with van der Waals surface area (Å²) in [5.74, 6) is 1.52. The highest BCUT2D eigenvalue weighted by Crippen LogP contribution is 2.18. The zero-order valence-corrected chi connectivity index (χ0v) is 12.5. The van der Waals surface area contributed by atoms with Crippen LogP contribution in [-0.4, -0.2) is 36.4 Å². The Labute approximate surface area is 132 Å². The van der Waals surface area contributed by atoms with Gasteiger partial charge in [-0.3, -0.25) is 14.7 Å². The molecule has 0 fully saturated rings. The number of H-pyrrole nitrogens is 2. The lowest BCUT2D eigenvalue weighted by molar-refractivity contribution is 0.236. The number of aromatic nitrogens is 5. The molecular formula is C16H16N6O. The summed E-state index contributed by atoms with van der Waals surface area (Å²) in [6, 6.07) is 3.69. The fourth-order valence-corrected chi connectivity index (χ4v) is 2.86. The molecule has 0 bridgehead atoms. The summed E-state index contributed by atoms with van der Waals surface area (Å²) in [6.07, 6.45) is 7.70. The van der Waals surface area contributed by atoms with Crippen molar-refractivity contribution in [2.75, 3.05) is 6.54 Å². The number of rotatable bonds is 3. The van der Waals surface area contributed by atoms with Crippen LogP contribution in [0.4, 0.5) is 0 Å². The molecule has 0 atom stereocenters. The van der Waals surface area contributed by atoms with Crippen LogP contribution in [0.1, 0.15) is 17.1 Å². The SMILES string of the molecule is O=c1[nH]c(-c2ccncc2)nc2c1CN(Cc1ncc[nH]1)CC2. The molecule has 3 aromatic rings. The quantitative estimate of drug-likeness (QED) is 0.756. The minimum absolute atomic E-state index is 0.0639. The highest BCUT2D eigenvalue weighted by molar-refractivity contribution is 5.54. The Morgan fingerprint density at radius 1 is 1.22 bits per heavy atom. The molecule has 1 aliphatic rings. The van der Waals surface area contributed by atoms with Crippen molar-refractivity contribution in [1.29, 1.82) is 0 Å². The van der Waals surface area contributed by atoms with Gasteiger partial charge in [0.1, 0.15) is 11.6 Å². The van der Waals surface area contributed by atoms with Gasteiger partial charge in [-0.15, -0.1) is 0 Å². The van der Waals surface area contributed by atoms with Crippen LogP contribution in [0.5, 0.6) is 0 Å². The largest absolute Gasteiger partial charge is 0.348 e. The Kier molecular flexibility index (Phi) is 3.47. The van der Waals surface area contributed by atoms with Crippen molar-refractivity contribution in [3.8, 4) is 11.4 Å². The topological polar surface area (TPSA) is 90.6 Å². The van der Waals surface area contributed by atoms with E-state index in [4.69, 9.17) is 0 Å². The van der Waals surface area contributed by atoms with Crippen molar-refractivity contribution in [3.05, 3.63) is 64.4 Å². The van der Waals surface area contributed by atoms with Gasteiger partial charge in [0.05, 0.1) is 17.8 Å². The molecule has 0 aromatic carbocycles. The van der Waals surface area contributed by atoms with E-state index in [2.05, 4.69) is 29.8 Å². The summed E-state index contributed by atoms with van der Waals surface area (Å²) in [5, 5.41) is 0. The predicted molar refractivity (Wildman–Crippen MR) is 84.5 cm³/mol. The van der Waals surface area contributed by atoms with Gasteiger partial charge in [0.2, 0.25) is 0 Å². The highest BCUT2D eigenvalue weighted by Gasteiger charge is 2.22. The van der Waals surface area contributed by atoms with Gasteiger partial charge in [-0.25, -0.2) is 9.97 Å². The van der Waals surface area contributed by atoms with E-state index in [1.165, 1.54) is 0 Å². The summed E-state index contributed by atoms with van der Waals surface area (Å²) >= 11 is 0. The summed E-state index contributed by atoms with van der Waals surface area (Å²) in [7, 11) is 0. The second kappa shape index (κ2) is 5.77. The van der Waals surface area contributed by atoms with E-state index < -0.39 is 0 Å². The molecule has 23 heavy (non-hydrogen) atoms. The van der Waals surface area contributed by atoms with Crippen LogP contribution >= 0.6 is 0 Å². The summed E-state index contributed by atoms with van der Waals surface area (Å²) in [6.45, 7) is 2.16. The number of imidazole rings is 1. The third kappa shape index (κ3) is 2.78. The second-order valence-corrected chi connectivity index (χ2v) is 5.57. The average Bonchev–Trinajstić information content (AvgIpc) is 3.09. The van der Waals surface area contributed by atoms with E-state index in [0.717, 1.165) is 35.6 Å². The lowest BCUT2D eigenvalue weighted by atomic mass is 10.1. The molecule has 3 aromatic heterocycles. The van der Waals surface area contributed by atoms with Crippen LogP contribution in [0.25, 0.3) is 11.4 Å². The molecule has 1 aliphatic heterocycles. The van der Waals surface area contributed by atoms with Gasteiger partial charge in [-0.2, -0.15) is 0 Å². The van der Waals surface area contributed by atoms with E-state index >= 15 is 0 Å². The molecular weight excluding hydrogens is 292 g/mol. The van der Waals surface area contributed by atoms with Gasteiger partial charge in [-0.1, -0.05) is 0 Å². The molecule has 4 heterocycles. The maximum Gasteiger partial charge on any atom is 0.255 e. The van der Waals surface area contributed by atoms with Crippen LogP contribution in [0, 0.1) is 0 Å². The monoisotopic (exact) mass is 308 g/mol. The van der Waals surface area contributed by atoms with Gasteiger partial charge in [0.15, 0.2) is 0 Å². The lowest BCUT2D eigenvalue weighted by Crippen LogP contribution is -2.35. The van der Waals surface area contributed by atoms with Crippen LogP contribution in [0.3, 0.4) is 0 Å². The molecule has 7 nitrogen and oxygen atoms in total. The maximum atomic E-state index is 12.4. The molecule has 0 spiro atoms. The Bertz CT molecular complexity index is 856. The number of hydrogen-bond donors (Lipinski definition) is 2. The molecule has 0 aliphatic carbocycles. The molecule has 0 saturated carbocycles. The van der Waals surface area contributed by atoms with E-state index in [-0.39, 0.29) is 5.56 Å². The Morgan fingerprint density at radius 3 is 2.87 bits per heavy atom. The Hall–Kier alpha value is -2.80. The second-order valence-electron chi connectivity index (χ2n) is 5.57. The van der Waals surface area contributed by atoms with Crippen molar-refractivity contribution in [1.82, 2.24) is 29.8 Å². The number of hydrogen-bond acceptors (Lipinski definition) is 5. The van der Waals surface area contributed by atoms with E-state index in [0.29, 0.717) is 18.9 Å². The van der Waals surface area contributed by atoms with Crippen LogP contribution in [-0.2, 0) is 19.5 Å². The first-order valence-corrected chi connectivity index (χ1v) is 7.52. The summed E-state index contributed by atoms with van der Waals surface area (Å²) < 4.78 is 0. The van der Waals surface area contributed by atoms with E-state index in [9.17, 15) is 4.79 Å². The van der Waals surface area contributed by atoms with Gasteiger partial charge in [-0.05, 0) is 12.1 Å². The first-order chi connectivity index (χ1) is 11.3. The maximum absolute atomic E-state index is 12.4. The average molecular weight is 308 g/mol. The number of nitrogens with one attached hydrogen (secondary N) is 2. The number of aromatic amines is 2. The highest BCUT2D eigenvalue weighted by atomic mass is 16.1. The van der Waals surface area contributed by atoms with Gasteiger partial charge < -0.3 is 9.97 Å². The van der Waals surface area contributed by atoms with Crippen molar-refractivity contribution < 1.29 is 0 Å². The number of nitrogens with zero attached hydrogens (tertiary/aromatic N) is 4. The third-order valence-corrected chi connectivity index (χ3v) is 4.03. The van der Waals surface area contributed by atoms with E-state index in [1.54, 1.807) is 18.6 Å². The summed E-state index contributed by atoms with van der Waals surface area (Å²) in [4.78, 5) is 33.5. The molecule has 4 rings (SSSR count). The minimum atomic E-state index is -0.0639. The Balaban J connectivity index is 1.62.